The predicted molar refractivity (Wildman–Crippen MR) is 57.6 cm³/mol. The zero-order valence-electron chi connectivity index (χ0n) is 9.36. The Morgan fingerprint density at radius 1 is 1.35 bits per heavy atom. The van der Waals surface area contributed by atoms with Crippen molar-refractivity contribution in [3.05, 3.63) is 28.8 Å². The lowest BCUT2D eigenvalue weighted by atomic mass is 10.0. The number of Topliss-reactive ketones (excluding diaryl/α,β-unsaturated/α-hetero) is 1. The average Bonchev–Trinajstić information content (AvgIpc) is 2.74. The molecular formula is C12H12O5. The van der Waals surface area contributed by atoms with Gasteiger partial charge in [-0.05, 0) is 30.2 Å². The maximum Gasteiger partial charge on any atom is 0.379 e. The van der Waals surface area contributed by atoms with Gasteiger partial charge in [-0.3, -0.25) is 4.79 Å². The maximum absolute atomic E-state index is 11.7. The summed E-state index contributed by atoms with van der Waals surface area (Å²) < 4.78 is 9.78. The van der Waals surface area contributed by atoms with Crippen LogP contribution in [0.5, 0.6) is 5.75 Å². The Kier molecular flexibility index (Phi) is 3.10. The maximum atomic E-state index is 11.7. The fourth-order valence-corrected chi connectivity index (χ4v) is 1.70. The van der Waals surface area contributed by atoms with Crippen LogP contribution in [0.1, 0.15) is 28.4 Å². The summed E-state index contributed by atoms with van der Waals surface area (Å²) in [6.45, 7) is 2.54. The van der Waals surface area contributed by atoms with Gasteiger partial charge in [0.2, 0.25) is 0 Å². The summed E-state index contributed by atoms with van der Waals surface area (Å²) in [4.78, 5) is 23.0. The van der Waals surface area contributed by atoms with Gasteiger partial charge in [-0.25, -0.2) is 4.79 Å². The first-order valence-corrected chi connectivity index (χ1v) is 5.27. The van der Waals surface area contributed by atoms with Gasteiger partial charge in [0.25, 0.3) is 5.78 Å². The van der Waals surface area contributed by atoms with Crippen molar-refractivity contribution in [2.24, 2.45) is 0 Å². The van der Waals surface area contributed by atoms with Crippen LogP contribution in [-0.2, 0) is 27.5 Å². The molecule has 0 amide bonds. The smallest absolute Gasteiger partial charge is 0.379 e. The van der Waals surface area contributed by atoms with Gasteiger partial charge in [0.15, 0.2) is 0 Å². The molecule has 2 rings (SSSR count). The van der Waals surface area contributed by atoms with E-state index in [-0.39, 0.29) is 17.9 Å². The number of hydrogen-bond acceptors (Lipinski definition) is 5. The summed E-state index contributed by atoms with van der Waals surface area (Å²) in [7, 11) is 0. The number of ether oxygens (including phenoxy) is 2. The van der Waals surface area contributed by atoms with Crippen LogP contribution in [0.2, 0.25) is 0 Å². The SMILES string of the molecule is CCOC(=O)C(=O)c1cc2c(cc1O)COC2. The molecule has 0 aromatic heterocycles. The minimum absolute atomic E-state index is 0.0345. The van der Waals surface area contributed by atoms with Crippen LogP contribution in [0.25, 0.3) is 0 Å². The molecule has 90 valence electrons. The number of fused-ring (bicyclic) bond motifs is 1. The molecule has 17 heavy (non-hydrogen) atoms. The topological polar surface area (TPSA) is 72.8 Å². The fourth-order valence-electron chi connectivity index (χ4n) is 1.70. The van der Waals surface area contributed by atoms with Crippen molar-refractivity contribution in [1.82, 2.24) is 0 Å². The first-order valence-electron chi connectivity index (χ1n) is 5.27. The van der Waals surface area contributed by atoms with Crippen molar-refractivity contribution in [2.45, 2.75) is 20.1 Å². The standard InChI is InChI=1S/C12H12O5/c1-2-17-12(15)11(14)9-3-7-5-16-6-8(7)4-10(9)13/h3-4,13H,2,5-6H2,1H3. The number of phenolic OH excluding ortho intramolecular Hbond substituents is 1. The fraction of sp³-hybridized carbons (Fsp3) is 0.333. The Labute approximate surface area is 98.0 Å². The van der Waals surface area contributed by atoms with E-state index in [9.17, 15) is 14.7 Å². The van der Waals surface area contributed by atoms with Gasteiger partial charge in [-0.15, -0.1) is 0 Å². The summed E-state index contributed by atoms with van der Waals surface area (Å²) in [5, 5.41) is 9.68. The molecule has 1 heterocycles. The highest BCUT2D eigenvalue weighted by atomic mass is 16.5. The van der Waals surface area contributed by atoms with Crippen molar-refractivity contribution in [3.8, 4) is 5.75 Å². The molecule has 0 fully saturated rings. The molecule has 1 aromatic carbocycles. The van der Waals surface area contributed by atoms with Crippen LogP contribution in [0.3, 0.4) is 0 Å². The van der Waals surface area contributed by atoms with Gasteiger partial charge in [0, 0.05) is 0 Å². The lowest BCUT2D eigenvalue weighted by Crippen LogP contribution is -2.17. The summed E-state index contributed by atoms with van der Waals surface area (Å²) >= 11 is 0. The lowest BCUT2D eigenvalue weighted by Gasteiger charge is -2.05. The van der Waals surface area contributed by atoms with E-state index in [4.69, 9.17) is 4.74 Å². The molecule has 0 bridgehead atoms. The van der Waals surface area contributed by atoms with E-state index in [2.05, 4.69) is 4.74 Å². The number of aromatic hydroxyl groups is 1. The Morgan fingerprint density at radius 3 is 2.65 bits per heavy atom. The normalized spacial score (nSPS) is 13.2. The lowest BCUT2D eigenvalue weighted by molar-refractivity contribution is -0.137. The molecule has 1 aliphatic heterocycles. The van der Waals surface area contributed by atoms with Crippen LogP contribution < -0.4 is 0 Å². The van der Waals surface area contributed by atoms with Crippen LogP contribution in [0, 0.1) is 0 Å². The number of hydrogen-bond donors (Lipinski definition) is 1. The van der Waals surface area contributed by atoms with Crippen molar-refractivity contribution in [2.75, 3.05) is 6.61 Å². The van der Waals surface area contributed by atoms with E-state index >= 15 is 0 Å². The molecule has 1 N–H and O–H groups in total. The quantitative estimate of drug-likeness (QED) is 0.484. The second kappa shape index (κ2) is 4.55. The van der Waals surface area contributed by atoms with Crippen LogP contribution in [-0.4, -0.2) is 23.5 Å². The molecule has 0 radical (unpaired) electrons. The molecule has 0 saturated heterocycles. The third-order valence-corrected chi connectivity index (χ3v) is 2.54. The van der Waals surface area contributed by atoms with Crippen molar-refractivity contribution in [1.29, 1.82) is 0 Å². The molecule has 1 aliphatic rings. The minimum atomic E-state index is -0.957. The first kappa shape index (κ1) is 11.6. The summed E-state index contributed by atoms with van der Waals surface area (Å²) in [5.74, 6) is -2.01. The minimum Gasteiger partial charge on any atom is -0.507 e. The third kappa shape index (κ3) is 2.14. The number of benzene rings is 1. The number of ketones is 1. The first-order chi connectivity index (χ1) is 8.13. The predicted octanol–water partition coefficient (Wildman–Crippen LogP) is 1.17. The molecular weight excluding hydrogens is 224 g/mol. The van der Waals surface area contributed by atoms with E-state index in [0.717, 1.165) is 11.1 Å². The second-order valence-electron chi connectivity index (χ2n) is 3.68. The number of carbonyl (C=O) groups is 2. The van der Waals surface area contributed by atoms with Gasteiger partial charge >= 0.3 is 5.97 Å². The molecule has 0 aliphatic carbocycles. The van der Waals surface area contributed by atoms with Crippen LogP contribution >= 0.6 is 0 Å². The van der Waals surface area contributed by atoms with Gasteiger partial charge in [0.1, 0.15) is 5.75 Å². The Bertz CT molecular complexity index is 478. The second-order valence-corrected chi connectivity index (χ2v) is 3.68. The van der Waals surface area contributed by atoms with Gasteiger partial charge in [-0.2, -0.15) is 0 Å². The van der Waals surface area contributed by atoms with Crippen molar-refractivity contribution < 1.29 is 24.2 Å². The highest BCUT2D eigenvalue weighted by Crippen LogP contribution is 2.28. The zero-order chi connectivity index (χ0) is 12.4. The van der Waals surface area contributed by atoms with E-state index in [1.165, 1.54) is 12.1 Å². The number of phenols is 1. The van der Waals surface area contributed by atoms with Crippen LogP contribution in [0.15, 0.2) is 12.1 Å². The molecule has 1 aromatic rings. The highest BCUT2D eigenvalue weighted by molar-refractivity contribution is 6.41. The van der Waals surface area contributed by atoms with E-state index < -0.39 is 11.8 Å². The highest BCUT2D eigenvalue weighted by Gasteiger charge is 2.24. The molecule has 0 saturated carbocycles. The monoisotopic (exact) mass is 236 g/mol. The van der Waals surface area contributed by atoms with Gasteiger partial charge in [0.05, 0.1) is 25.4 Å². The van der Waals surface area contributed by atoms with Crippen molar-refractivity contribution in [3.63, 3.8) is 0 Å². The van der Waals surface area contributed by atoms with E-state index in [1.54, 1.807) is 6.92 Å². The molecule has 0 atom stereocenters. The molecule has 5 nitrogen and oxygen atoms in total. The number of rotatable bonds is 3. The third-order valence-electron chi connectivity index (χ3n) is 2.54. The van der Waals surface area contributed by atoms with Gasteiger partial charge < -0.3 is 14.6 Å². The Hall–Kier alpha value is -1.88. The Balaban J connectivity index is 2.33. The van der Waals surface area contributed by atoms with E-state index in [1.807, 2.05) is 0 Å². The van der Waals surface area contributed by atoms with Crippen molar-refractivity contribution >= 4 is 11.8 Å². The summed E-state index contributed by atoms with van der Waals surface area (Å²) in [6, 6.07) is 2.94. The molecule has 0 unspecified atom stereocenters. The Morgan fingerprint density at radius 2 is 2.00 bits per heavy atom. The largest absolute Gasteiger partial charge is 0.507 e. The number of esters is 1. The summed E-state index contributed by atoms with van der Waals surface area (Å²) in [6.07, 6.45) is 0. The zero-order valence-corrected chi connectivity index (χ0v) is 9.36. The molecule has 0 spiro atoms. The number of carbonyl (C=O) groups excluding carboxylic acids is 2. The van der Waals surface area contributed by atoms with Gasteiger partial charge in [-0.1, -0.05) is 0 Å². The molecule has 5 heteroatoms. The van der Waals surface area contributed by atoms with Crippen LogP contribution in [0.4, 0.5) is 0 Å². The summed E-state index contributed by atoms with van der Waals surface area (Å²) in [5.41, 5.74) is 1.62. The average molecular weight is 236 g/mol. The van der Waals surface area contributed by atoms with E-state index in [0.29, 0.717) is 13.2 Å².